The zero-order chi connectivity index (χ0) is 14.1. The molecule has 0 unspecified atom stereocenters. The second kappa shape index (κ2) is 10.6. The lowest BCUT2D eigenvalue weighted by Crippen LogP contribution is -2.32. The number of halogens is 3. The fourth-order valence-electron chi connectivity index (χ4n) is 1.25. The highest BCUT2D eigenvalue weighted by molar-refractivity contribution is 14.0. The molecule has 1 rings (SSSR count). The molecule has 1 heterocycles. The monoisotopic (exact) mass is 400 g/mol. The molecule has 0 aliphatic heterocycles. The van der Waals surface area contributed by atoms with Gasteiger partial charge in [0.2, 0.25) is 5.88 Å². The average Bonchev–Trinajstić information content (AvgIpc) is 2.41. The largest absolute Gasteiger partial charge is 0.472 e. The van der Waals surface area contributed by atoms with Crippen molar-refractivity contribution in [3.63, 3.8) is 0 Å². The highest BCUT2D eigenvalue weighted by atomic mass is 127. The van der Waals surface area contributed by atoms with Crippen LogP contribution >= 0.6 is 24.0 Å². The summed E-state index contributed by atoms with van der Waals surface area (Å²) < 4.78 is 28.8. The molecular weight excluding hydrogens is 381 g/mol. The van der Waals surface area contributed by atoms with Gasteiger partial charge in [0.25, 0.3) is 6.43 Å². The third kappa shape index (κ3) is 8.08. The lowest BCUT2D eigenvalue weighted by Gasteiger charge is -2.06. The Morgan fingerprint density at radius 1 is 1.50 bits per heavy atom. The first-order valence-corrected chi connectivity index (χ1v) is 6.02. The van der Waals surface area contributed by atoms with Gasteiger partial charge in [0.15, 0.2) is 12.6 Å². The van der Waals surface area contributed by atoms with Crippen molar-refractivity contribution in [2.24, 2.45) is 10.7 Å². The van der Waals surface area contributed by atoms with Gasteiger partial charge in [-0.1, -0.05) is 13.0 Å². The summed E-state index contributed by atoms with van der Waals surface area (Å²) in [7, 11) is 0. The van der Waals surface area contributed by atoms with Gasteiger partial charge in [-0.3, -0.25) is 0 Å². The number of rotatable bonds is 7. The Labute approximate surface area is 134 Å². The van der Waals surface area contributed by atoms with Gasteiger partial charge in [-0.15, -0.1) is 24.0 Å². The number of alkyl halides is 2. The van der Waals surface area contributed by atoms with Crippen LogP contribution in [0.5, 0.6) is 5.88 Å². The number of nitrogens with zero attached hydrogens (tertiary/aromatic N) is 2. The van der Waals surface area contributed by atoms with E-state index in [1.54, 1.807) is 12.1 Å². The van der Waals surface area contributed by atoms with Gasteiger partial charge < -0.3 is 15.8 Å². The van der Waals surface area contributed by atoms with Gasteiger partial charge >= 0.3 is 0 Å². The molecule has 0 fully saturated rings. The van der Waals surface area contributed by atoms with Crippen molar-refractivity contribution >= 4 is 29.9 Å². The Morgan fingerprint density at radius 3 is 2.90 bits per heavy atom. The van der Waals surface area contributed by atoms with Crippen molar-refractivity contribution in [2.45, 2.75) is 26.3 Å². The zero-order valence-corrected chi connectivity index (χ0v) is 13.5. The number of hydrogen-bond donors (Lipinski definition) is 2. The van der Waals surface area contributed by atoms with E-state index in [0.717, 1.165) is 13.0 Å². The number of ether oxygens (including phenoxy) is 1. The maximum absolute atomic E-state index is 12.0. The van der Waals surface area contributed by atoms with E-state index in [-0.39, 0.29) is 36.4 Å². The van der Waals surface area contributed by atoms with Gasteiger partial charge in [0.05, 0.1) is 12.2 Å². The second-order valence-electron chi connectivity index (χ2n) is 3.80. The fourth-order valence-corrected chi connectivity index (χ4v) is 1.25. The predicted octanol–water partition coefficient (Wildman–Crippen LogP) is 2.16. The number of nitrogens with two attached hydrogens (primary N) is 1. The predicted molar refractivity (Wildman–Crippen MR) is 84.8 cm³/mol. The minimum Gasteiger partial charge on any atom is -0.472 e. The molecule has 0 spiro atoms. The second-order valence-corrected chi connectivity index (χ2v) is 3.80. The summed E-state index contributed by atoms with van der Waals surface area (Å²) in [4.78, 5) is 8.14. The Balaban J connectivity index is 0.00000361. The summed E-state index contributed by atoms with van der Waals surface area (Å²) in [6.07, 6.45) is -1.57. The smallest absolute Gasteiger partial charge is 0.272 e. The van der Waals surface area contributed by atoms with Crippen molar-refractivity contribution in [3.05, 3.63) is 23.9 Å². The lowest BCUT2D eigenvalue weighted by molar-refractivity contribution is 0.0795. The van der Waals surface area contributed by atoms with Crippen LogP contribution in [0.15, 0.2) is 23.2 Å². The van der Waals surface area contributed by atoms with Crippen LogP contribution in [0.4, 0.5) is 8.78 Å². The van der Waals surface area contributed by atoms with Crippen LogP contribution in [0.1, 0.15) is 19.0 Å². The molecule has 1 aromatic heterocycles. The van der Waals surface area contributed by atoms with Gasteiger partial charge in [0.1, 0.15) is 0 Å². The molecule has 0 radical (unpaired) electrons. The van der Waals surface area contributed by atoms with Crippen molar-refractivity contribution in [2.75, 3.05) is 13.2 Å². The van der Waals surface area contributed by atoms with Crippen LogP contribution in [0.25, 0.3) is 0 Å². The third-order valence-electron chi connectivity index (χ3n) is 2.11. The first-order chi connectivity index (χ1) is 9.11. The number of hydrogen-bond acceptors (Lipinski definition) is 3. The van der Waals surface area contributed by atoms with Crippen LogP contribution in [-0.4, -0.2) is 30.5 Å². The molecule has 3 N–H and O–H groups in total. The van der Waals surface area contributed by atoms with Crippen LogP contribution in [0.3, 0.4) is 0 Å². The minimum atomic E-state index is -2.52. The summed E-state index contributed by atoms with van der Waals surface area (Å²) in [6, 6.07) is 4.93. The highest BCUT2D eigenvalue weighted by Gasteiger charge is 2.04. The SMILES string of the molecule is CCCNC(N)=NCc1cccc(OCC(F)F)n1.I. The first kappa shape index (κ1) is 18.8. The maximum Gasteiger partial charge on any atom is 0.272 e. The molecule has 8 heteroatoms. The van der Waals surface area contributed by atoms with Crippen LogP contribution < -0.4 is 15.8 Å². The van der Waals surface area contributed by atoms with E-state index in [9.17, 15) is 8.78 Å². The van der Waals surface area contributed by atoms with Gasteiger partial charge in [0, 0.05) is 12.6 Å². The van der Waals surface area contributed by atoms with E-state index >= 15 is 0 Å². The Kier molecular flexibility index (Phi) is 9.95. The van der Waals surface area contributed by atoms with Crippen LogP contribution in [-0.2, 0) is 6.54 Å². The lowest BCUT2D eigenvalue weighted by atomic mass is 10.3. The summed E-state index contributed by atoms with van der Waals surface area (Å²) in [5, 5.41) is 2.93. The van der Waals surface area contributed by atoms with Gasteiger partial charge in [-0.05, 0) is 12.5 Å². The highest BCUT2D eigenvalue weighted by Crippen LogP contribution is 2.09. The van der Waals surface area contributed by atoms with E-state index in [0.29, 0.717) is 11.7 Å². The van der Waals surface area contributed by atoms with Crippen molar-refractivity contribution in [1.82, 2.24) is 10.3 Å². The topological polar surface area (TPSA) is 72.5 Å². The van der Waals surface area contributed by atoms with E-state index in [1.165, 1.54) is 6.07 Å². The Hall–Kier alpha value is -1.19. The Morgan fingerprint density at radius 2 is 2.25 bits per heavy atom. The summed E-state index contributed by atoms with van der Waals surface area (Å²) in [5.41, 5.74) is 6.23. The number of pyridine rings is 1. The molecule has 0 aliphatic carbocycles. The average molecular weight is 400 g/mol. The van der Waals surface area contributed by atoms with Crippen LogP contribution in [0.2, 0.25) is 0 Å². The van der Waals surface area contributed by atoms with E-state index < -0.39 is 13.0 Å². The molecule has 20 heavy (non-hydrogen) atoms. The standard InChI is InChI=1S/C12H18F2N4O.HI/c1-2-6-16-12(15)17-7-9-4-3-5-11(18-9)19-8-10(13)14;/h3-5,10H,2,6-8H2,1H3,(H3,15,16,17);1H. The normalized spacial score (nSPS) is 11.1. The molecule has 114 valence electrons. The van der Waals surface area contributed by atoms with Crippen LogP contribution in [0, 0.1) is 0 Å². The van der Waals surface area contributed by atoms with Crippen molar-refractivity contribution in [1.29, 1.82) is 0 Å². The molecule has 0 bridgehead atoms. The molecule has 0 aromatic carbocycles. The molecular formula is C12H19F2IN4O. The first-order valence-electron chi connectivity index (χ1n) is 6.02. The Bertz CT molecular complexity index is 418. The molecule has 0 aliphatic rings. The number of guanidine groups is 1. The summed E-state index contributed by atoms with van der Waals surface area (Å²) >= 11 is 0. The van der Waals surface area contributed by atoms with E-state index in [1.807, 2.05) is 6.92 Å². The fraction of sp³-hybridized carbons (Fsp3) is 0.500. The van der Waals surface area contributed by atoms with E-state index in [4.69, 9.17) is 10.5 Å². The summed E-state index contributed by atoms with van der Waals surface area (Å²) in [5.74, 6) is 0.496. The molecule has 0 amide bonds. The van der Waals surface area contributed by atoms with Gasteiger partial charge in [-0.25, -0.2) is 18.8 Å². The third-order valence-corrected chi connectivity index (χ3v) is 2.11. The number of aliphatic imine (C=N–C) groups is 1. The summed E-state index contributed by atoms with van der Waals surface area (Å²) in [6.45, 7) is 2.38. The van der Waals surface area contributed by atoms with Crippen molar-refractivity contribution in [3.8, 4) is 5.88 Å². The number of aromatic nitrogens is 1. The quantitative estimate of drug-likeness (QED) is 0.418. The molecule has 0 saturated heterocycles. The minimum absolute atomic E-state index is 0. The molecule has 5 nitrogen and oxygen atoms in total. The molecule has 0 atom stereocenters. The maximum atomic E-state index is 12.0. The number of nitrogens with one attached hydrogen (secondary N) is 1. The molecule has 0 saturated carbocycles. The van der Waals surface area contributed by atoms with Gasteiger partial charge in [-0.2, -0.15) is 0 Å². The zero-order valence-electron chi connectivity index (χ0n) is 11.2. The molecule has 1 aromatic rings. The van der Waals surface area contributed by atoms with Crippen molar-refractivity contribution < 1.29 is 13.5 Å². The van der Waals surface area contributed by atoms with E-state index in [2.05, 4.69) is 15.3 Å².